The summed E-state index contributed by atoms with van der Waals surface area (Å²) in [7, 11) is 3.53. The largest absolute Gasteiger partial charge is 0.349 e. The van der Waals surface area contributed by atoms with Gasteiger partial charge >= 0.3 is 0 Å². The van der Waals surface area contributed by atoms with Crippen molar-refractivity contribution >= 4 is 17.5 Å². The Labute approximate surface area is 135 Å². The highest BCUT2D eigenvalue weighted by atomic mass is 16.2. The van der Waals surface area contributed by atoms with Gasteiger partial charge in [0.15, 0.2) is 0 Å². The molecule has 1 aromatic carbocycles. The van der Waals surface area contributed by atoms with E-state index < -0.39 is 0 Å². The Kier molecular flexibility index (Phi) is 4.52. The molecule has 120 valence electrons. The average Bonchev–Trinajstić information content (AvgIpc) is 2.56. The molecule has 2 aromatic rings. The molecule has 1 aliphatic heterocycles. The fourth-order valence-corrected chi connectivity index (χ4v) is 2.46. The first-order chi connectivity index (χ1) is 11.1. The molecule has 1 aliphatic rings. The number of rotatable bonds is 4. The van der Waals surface area contributed by atoms with Gasteiger partial charge < -0.3 is 15.5 Å². The van der Waals surface area contributed by atoms with Crippen molar-refractivity contribution < 1.29 is 4.79 Å². The van der Waals surface area contributed by atoms with Crippen LogP contribution in [0.5, 0.6) is 0 Å². The average molecular weight is 311 g/mol. The van der Waals surface area contributed by atoms with Crippen molar-refractivity contribution in [2.75, 3.05) is 26.0 Å². The number of hydrogen-bond acceptors (Lipinski definition) is 5. The van der Waals surface area contributed by atoms with E-state index >= 15 is 0 Å². The highest BCUT2D eigenvalue weighted by Crippen LogP contribution is 2.17. The van der Waals surface area contributed by atoms with Crippen LogP contribution in [0.4, 0.5) is 11.6 Å². The number of aromatic nitrogens is 2. The molecular weight excluding hydrogens is 290 g/mol. The number of carbonyl (C=O) groups excluding carboxylic acids is 1. The van der Waals surface area contributed by atoms with E-state index in [1.54, 1.807) is 19.0 Å². The van der Waals surface area contributed by atoms with E-state index in [0.717, 1.165) is 36.5 Å². The molecule has 0 unspecified atom stereocenters. The molecule has 0 saturated heterocycles. The lowest BCUT2D eigenvalue weighted by Crippen LogP contribution is -2.25. The SMILES string of the molecule is CN(C)C(=O)Cc1ccc(Nc2ncc3c(n2)CNCC3)cc1. The van der Waals surface area contributed by atoms with Crippen LogP contribution in [-0.2, 0) is 24.2 Å². The molecule has 23 heavy (non-hydrogen) atoms. The number of fused-ring (bicyclic) bond motifs is 1. The van der Waals surface area contributed by atoms with Gasteiger partial charge in [0, 0.05) is 32.5 Å². The molecule has 0 bridgehead atoms. The Hall–Kier alpha value is -2.47. The first kappa shape index (κ1) is 15.4. The van der Waals surface area contributed by atoms with Gasteiger partial charge in [-0.25, -0.2) is 9.97 Å². The van der Waals surface area contributed by atoms with Crippen LogP contribution in [0.1, 0.15) is 16.8 Å². The summed E-state index contributed by atoms with van der Waals surface area (Å²) >= 11 is 0. The van der Waals surface area contributed by atoms with E-state index in [4.69, 9.17) is 0 Å². The number of hydrogen-bond donors (Lipinski definition) is 2. The van der Waals surface area contributed by atoms with Crippen molar-refractivity contribution in [2.24, 2.45) is 0 Å². The Morgan fingerprint density at radius 2 is 2.09 bits per heavy atom. The molecule has 0 atom stereocenters. The van der Waals surface area contributed by atoms with Crippen LogP contribution in [0.25, 0.3) is 0 Å². The molecule has 0 fully saturated rings. The van der Waals surface area contributed by atoms with Crippen LogP contribution in [-0.4, -0.2) is 41.4 Å². The molecule has 1 amide bonds. The zero-order chi connectivity index (χ0) is 16.2. The molecule has 1 aromatic heterocycles. The third-order valence-corrected chi connectivity index (χ3v) is 3.88. The smallest absolute Gasteiger partial charge is 0.227 e. The molecule has 2 heterocycles. The summed E-state index contributed by atoms with van der Waals surface area (Å²) < 4.78 is 0. The topological polar surface area (TPSA) is 70.2 Å². The minimum atomic E-state index is 0.0937. The monoisotopic (exact) mass is 311 g/mol. The maximum atomic E-state index is 11.7. The van der Waals surface area contributed by atoms with Crippen molar-refractivity contribution in [3.05, 3.63) is 47.3 Å². The Bertz CT molecular complexity index is 697. The zero-order valence-corrected chi connectivity index (χ0v) is 13.5. The van der Waals surface area contributed by atoms with Crippen LogP contribution in [0, 0.1) is 0 Å². The standard InChI is InChI=1S/C17H21N5O/c1-22(2)16(23)9-12-3-5-14(6-4-12)20-17-19-10-13-7-8-18-11-15(13)21-17/h3-6,10,18H,7-9,11H2,1-2H3,(H,19,20,21). The Morgan fingerprint density at radius 1 is 1.30 bits per heavy atom. The van der Waals surface area contributed by atoms with E-state index in [1.807, 2.05) is 30.5 Å². The maximum Gasteiger partial charge on any atom is 0.227 e. The molecule has 0 spiro atoms. The summed E-state index contributed by atoms with van der Waals surface area (Å²) in [6, 6.07) is 7.78. The lowest BCUT2D eigenvalue weighted by Gasteiger charge is -2.16. The maximum absolute atomic E-state index is 11.7. The van der Waals surface area contributed by atoms with Crippen LogP contribution < -0.4 is 10.6 Å². The Morgan fingerprint density at radius 3 is 2.83 bits per heavy atom. The van der Waals surface area contributed by atoms with Crippen LogP contribution in [0.15, 0.2) is 30.5 Å². The molecule has 6 nitrogen and oxygen atoms in total. The number of nitrogens with one attached hydrogen (secondary N) is 2. The van der Waals surface area contributed by atoms with Gasteiger partial charge in [0.2, 0.25) is 11.9 Å². The van der Waals surface area contributed by atoms with E-state index in [2.05, 4.69) is 20.6 Å². The van der Waals surface area contributed by atoms with Gasteiger partial charge in [-0.15, -0.1) is 0 Å². The normalized spacial score (nSPS) is 13.3. The summed E-state index contributed by atoms with van der Waals surface area (Å²) in [6.45, 7) is 1.77. The highest BCUT2D eigenvalue weighted by Gasteiger charge is 2.11. The van der Waals surface area contributed by atoms with Crippen LogP contribution in [0.3, 0.4) is 0 Å². The van der Waals surface area contributed by atoms with Gasteiger partial charge in [0.25, 0.3) is 0 Å². The summed E-state index contributed by atoms with van der Waals surface area (Å²) in [4.78, 5) is 22.2. The summed E-state index contributed by atoms with van der Waals surface area (Å²) in [5, 5.41) is 6.52. The third-order valence-electron chi connectivity index (χ3n) is 3.88. The van der Waals surface area contributed by atoms with Gasteiger partial charge in [-0.05, 0) is 36.2 Å². The molecule has 2 N–H and O–H groups in total. The van der Waals surface area contributed by atoms with Gasteiger partial charge in [0.1, 0.15) is 0 Å². The van der Waals surface area contributed by atoms with Crippen molar-refractivity contribution in [3.63, 3.8) is 0 Å². The predicted octanol–water partition coefficient (Wildman–Crippen LogP) is 1.50. The molecule has 6 heteroatoms. The van der Waals surface area contributed by atoms with Crippen molar-refractivity contribution in [1.29, 1.82) is 0 Å². The highest BCUT2D eigenvalue weighted by molar-refractivity contribution is 5.78. The number of benzene rings is 1. The molecule has 0 aliphatic carbocycles. The number of amides is 1. The van der Waals surface area contributed by atoms with Crippen LogP contribution in [0.2, 0.25) is 0 Å². The second-order valence-electron chi connectivity index (χ2n) is 5.88. The third kappa shape index (κ3) is 3.84. The van der Waals surface area contributed by atoms with Gasteiger partial charge in [-0.2, -0.15) is 0 Å². The van der Waals surface area contributed by atoms with Crippen molar-refractivity contribution in [1.82, 2.24) is 20.2 Å². The quantitative estimate of drug-likeness (QED) is 0.895. The zero-order valence-electron chi connectivity index (χ0n) is 13.5. The lowest BCUT2D eigenvalue weighted by atomic mass is 10.1. The molecule has 0 saturated carbocycles. The van der Waals surface area contributed by atoms with E-state index in [9.17, 15) is 4.79 Å². The summed E-state index contributed by atoms with van der Waals surface area (Å²) in [5.74, 6) is 0.695. The summed E-state index contributed by atoms with van der Waals surface area (Å²) in [6.07, 6.45) is 3.29. The van der Waals surface area contributed by atoms with E-state index in [1.165, 1.54) is 5.56 Å². The second kappa shape index (κ2) is 6.75. The lowest BCUT2D eigenvalue weighted by molar-refractivity contribution is -0.127. The second-order valence-corrected chi connectivity index (χ2v) is 5.88. The predicted molar refractivity (Wildman–Crippen MR) is 89.6 cm³/mol. The fourth-order valence-electron chi connectivity index (χ4n) is 2.46. The Balaban J connectivity index is 1.67. The number of nitrogens with zero attached hydrogens (tertiary/aromatic N) is 3. The summed E-state index contributed by atoms with van der Waals surface area (Å²) in [5.41, 5.74) is 4.17. The first-order valence-corrected chi connectivity index (χ1v) is 7.73. The minimum Gasteiger partial charge on any atom is -0.349 e. The van der Waals surface area contributed by atoms with Crippen molar-refractivity contribution in [2.45, 2.75) is 19.4 Å². The van der Waals surface area contributed by atoms with Gasteiger partial charge in [-0.3, -0.25) is 4.79 Å². The molecule has 3 rings (SSSR count). The van der Waals surface area contributed by atoms with Gasteiger partial charge in [-0.1, -0.05) is 12.1 Å². The van der Waals surface area contributed by atoms with E-state index in [0.29, 0.717) is 12.4 Å². The fraction of sp³-hybridized carbons (Fsp3) is 0.353. The van der Waals surface area contributed by atoms with Crippen LogP contribution >= 0.6 is 0 Å². The van der Waals surface area contributed by atoms with Gasteiger partial charge in [0.05, 0.1) is 12.1 Å². The number of carbonyl (C=O) groups is 1. The molecular formula is C17H21N5O. The van der Waals surface area contributed by atoms with Crippen molar-refractivity contribution in [3.8, 4) is 0 Å². The van der Waals surface area contributed by atoms with E-state index in [-0.39, 0.29) is 5.91 Å². The molecule has 0 radical (unpaired) electrons. The number of likely N-dealkylation sites (N-methyl/N-ethyl adjacent to an activating group) is 1. The number of anilines is 2. The first-order valence-electron chi connectivity index (χ1n) is 7.73. The minimum absolute atomic E-state index is 0.0937.